The summed E-state index contributed by atoms with van der Waals surface area (Å²) in [7, 11) is 0. The topological polar surface area (TPSA) is 56.3 Å². The van der Waals surface area contributed by atoms with E-state index in [9.17, 15) is 0 Å². The van der Waals surface area contributed by atoms with Gasteiger partial charge in [-0.05, 0) is 18.1 Å². The van der Waals surface area contributed by atoms with Crippen molar-refractivity contribution in [3.05, 3.63) is 36.3 Å². The lowest BCUT2D eigenvalue weighted by Gasteiger charge is -2.19. The molecule has 104 valence electrons. The van der Waals surface area contributed by atoms with Crippen LogP contribution in [0.5, 0.6) is 11.5 Å². The number of ether oxygens (including phenoxy) is 2. The van der Waals surface area contributed by atoms with E-state index >= 15 is 0 Å². The molecule has 20 heavy (non-hydrogen) atoms. The van der Waals surface area contributed by atoms with E-state index in [1.54, 1.807) is 6.33 Å². The van der Waals surface area contributed by atoms with Gasteiger partial charge in [0.1, 0.15) is 25.4 Å². The van der Waals surface area contributed by atoms with Crippen LogP contribution in [0.2, 0.25) is 0 Å². The number of nitrogens with one attached hydrogen (secondary N) is 1. The minimum atomic E-state index is 0.374. The summed E-state index contributed by atoms with van der Waals surface area (Å²) in [5.41, 5.74) is 1.93. The van der Waals surface area contributed by atoms with Crippen LogP contribution in [-0.2, 0) is 0 Å². The highest BCUT2D eigenvalue weighted by molar-refractivity contribution is 5.61. The molecule has 0 saturated carbocycles. The molecule has 0 saturated heterocycles. The van der Waals surface area contributed by atoms with Crippen molar-refractivity contribution < 1.29 is 9.47 Å². The van der Waals surface area contributed by atoms with Crippen molar-refractivity contribution in [2.45, 2.75) is 19.8 Å². The first-order chi connectivity index (χ1) is 9.72. The lowest BCUT2D eigenvalue weighted by molar-refractivity contribution is 0.171. The summed E-state index contributed by atoms with van der Waals surface area (Å²) >= 11 is 0. The second-order valence-corrected chi connectivity index (χ2v) is 4.97. The molecule has 0 atom stereocenters. The first-order valence-corrected chi connectivity index (χ1v) is 6.71. The minimum Gasteiger partial charge on any atom is -0.486 e. The zero-order valence-corrected chi connectivity index (χ0v) is 11.6. The van der Waals surface area contributed by atoms with E-state index in [4.69, 9.17) is 9.47 Å². The predicted octanol–water partition coefficient (Wildman–Crippen LogP) is 3.11. The van der Waals surface area contributed by atoms with Gasteiger partial charge in [0.05, 0.1) is 0 Å². The van der Waals surface area contributed by atoms with Crippen LogP contribution in [0.25, 0.3) is 0 Å². The summed E-state index contributed by atoms with van der Waals surface area (Å²) in [5, 5.41) is 3.26. The highest BCUT2D eigenvalue weighted by Crippen LogP contribution is 2.33. The Balaban J connectivity index is 1.82. The number of aromatic nitrogens is 2. The molecular formula is C15H17N3O2. The van der Waals surface area contributed by atoms with Crippen molar-refractivity contribution in [3.8, 4) is 11.5 Å². The summed E-state index contributed by atoms with van der Waals surface area (Å²) in [6.45, 7) is 5.40. The fourth-order valence-corrected chi connectivity index (χ4v) is 2.03. The van der Waals surface area contributed by atoms with Crippen LogP contribution in [0.1, 0.15) is 25.5 Å². The van der Waals surface area contributed by atoms with Gasteiger partial charge in [-0.25, -0.2) is 9.97 Å². The molecule has 1 aliphatic heterocycles. The van der Waals surface area contributed by atoms with Crippen LogP contribution in [0, 0.1) is 0 Å². The van der Waals surface area contributed by atoms with Gasteiger partial charge in [-0.1, -0.05) is 13.8 Å². The molecule has 0 bridgehead atoms. The number of hydrogen-bond donors (Lipinski definition) is 1. The van der Waals surface area contributed by atoms with Crippen molar-refractivity contribution in [2.24, 2.45) is 0 Å². The Morgan fingerprint density at radius 3 is 2.65 bits per heavy atom. The maximum absolute atomic E-state index is 5.57. The maximum Gasteiger partial charge on any atom is 0.163 e. The van der Waals surface area contributed by atoms with Crippen molar-refractivity contribution in [1.82, 2.24) is 9.97 Å². The lowest BCUT2D eigenvalue weighted by atomic mass is 10.1. The zero-order valence-electron chi connectivity index (χ0n) is 11.6. The average Bonchev–Trinajstić information content (AvgIpc) is 2.47. The van der Waals surface area contributed by atoms with Crippen LogP contribution in [0.4, 0.5) is 11.5 Å². The van der Waals surface area contributed by atoms with Gasteiger partial charge in [0.15, 0.2) is 11.5 Å². The van der Waals surface area contributed by atoms with Crippen molar-refractivity contribution in [2.75, 3.05) is 18.5 Å². The van der Waals surface area contributed by atoms with Crippen LogP contribution in [-0.4, -0.2) is 23.2 Å². The minimum absolute atomic E-state index is 0.374. The number of fused-ring (bicyclic) bond motifs is 1. The molecule has 2 aromatic rings. The lowest BCUT2D eigenvalue weighted by Crippen LogP contribution is -2.15. The number of nitrogens with zero attached hydrogens (tertiary/aromatic N) is 2. The molecule has 5 heteroatoms. The third-order valence-electron chi connectivity index (χ3n) is 3.09. The zero-order chi connectivity index (χ0) is 13.9. The molecule has 0 radical (unpaired) electrons. The molecule has 1 N–H and O–H groups in total. The first kappa shape index (κ1) is 12.7. The molecular weight excluding hydrogens is 254 g/mol. The third-order valence-corrected chi connectivity index (χ3v) is 3.09. The average molecular weight is 271 g/mol. The Morgan fingerprint density at radius 1 is 1.05 bits per heavy atom. The van der Waals surface area contributed by atoms with Gasteiger partial charge in [0.2, 0.25) is 0 Å². The molecule has 1 aromatic heterocycles. The second-order valence-electron chi connectivity index (χ2n) is 4.97. The predicted molar refractivity (Wildman–Crippen MR) is 76.8 cm³/mol. The Kier molecular flexibility index (Phi) is 3.41. The molecule has 1 aliphatic rings. The fourth-order valence-electron chi connectivity index (χ4n) is 2.03. The molecule has 3 rings (SSSR count). The summed E-state index contributed by atoms with van der Waals surface area (Å²) < 4.78 is 11.1. The Hall–Kier alpha value is -2.30. The molecule has 0 aliphatic carbocycles. The molecule has 0 spiro atoms. The largest absolute Gasteiger partial charge is 0.486 e. The van der Waals surface area contributed by atoms with Gasteiger partial charge in [-0.3, -0.25) is 0 Å². The van der Waals surface area contributed by atoms with E-state index in [2.05, 4.69) is 29.1 Å². The maximum atomic E-state index is 5.57. The van der Waals surface area contributed by atoms with Crippen molar-refractivity contribution >= 4 is 11.5 Å². The van der Waals surface area contributed by atoms with Crippen LogP contribution in [0.15, 0.2) is 30.6 Å². The van der Waals surface area contributed by atoms with Gasteiger partial charge >= 0.3 is 0 Å². The molecule has 0 fully saturated rings. The standard InChI is InChI=1S/C15H17N3O2/c1-10(2)12-8-15(17-9-16-12)18-11-3-4-13-14(7-11)20-6-5-19-13/h3-4,7-10H,5-6H2,1-2H3,(H,16,17,18). The Morgan fingerprint density at radius 2 is 1.85 bits per heavy atom. The van der Waals surface area contributed by atoms with Gasteiger partial charge in [0, 0.05) is 23.5 Å². The SMILES string of the molecule is CC(C)c1cc(Nc2ccc3c(c2)OCCO3)ncn1. The molecule has 2 heterocycles. The van der Waals surface area contributed by atoms with Crippen molar-refractivity contribution in [3.63, 3.8) is 0 Å². The van der Waals surface area contributed by atoms with Gasteiger partial charge in [-0.15, -0.1) is 0 Å². The smallest absolute Gasteiger partial charge is 0.163 e. The summed E-state index contributed by atoms with van der Waals surface area (Å²) in [4.78, 5) is 8.49. The van der Waals surface area contributed by atoms with E-state index in [1.165, 1.54) is 0 Å². The Bertz CT molecular complexity index is 614. The second kappa shape index (κ2) is 5.36. The Labute approximate surface area is 118 Å². The van der Waals surface area contributed by atoms with Gasteiger partial charge in [-0.2, -0.15) is 0 Å². The fraction of sp³-hybridized carbons (Fsp3) is 0.333. The van der Waals surface area contributed by atoms with Crippen LogP contribution < -0.4 is 14.8 Å². The number of anilines is 2. The number of rotatable bonds is 3. The first-order valence-electron chi connectivity index (χ1n) is 6.71. The normalized spacial score (nSPS) is 13.3. The molecule has 0 unspecified atom stereocenters. The third kappa shape index (κ3) is 2.66. The highest BCUT2D eigenvalue weighted by Gasteiger charge is 2.12. The van der Waals surface area contributed by atoms with E-state index in [-0.39, 0.29) is 0 Å². The molecule has 1 aromatic carbocycles. The molecule has 5 nitrogen and oxygen atoms in total. The van der Waals surface area contributed by atoms with Crippen LogP contribution >= 0.6 is 0 Å². The number of hydrogen-bond acceptors (Lipinski definition) is 5. The number of benzene rings is 1. The van der Waals surface area contributed by atoms with E-state index in [1.807, 2.05) is 24.3 Å². The van der Waals surface area contributed by atoms with E-state index in [0.29, 0.717) is 19.1 Å². The quantitative estimate of drug-likeness (QED) is 0.929. The summed E-state index contributed by atoms with van der Waals surface area (Å²) in [6.07, 6.45) is 1.58. The van der Waals surface area contributed by atoms with Gasteiger partial charge in [0.25, 0.3) is 0 Å². The molecule has 0 amide bonds. The van der Waals surface area contributed by atoms with Crippen molar-refractivity contribution in [1.29, 1.82) is 0 Å². The van der Waals surface area contributed by atoms with E-state index in [0.717, 1.165) is 28.7 Å². The summed E-state index contributed by atoms with van der Waals surface area (Å²) in [5.74, 6) is 2.70. The van der Waals surface area contributed by atoms with Gasteiger partial charge < -0.3 is 14.8 Å². The highest BCUT2D eigenvalue weighted by atomic mass is 16.6. The monoisotopic (exact) mass is 271 g/mol. The van der Waals surface area contributed by atoms with E-state index < -0.39 is 0 Å². The summed E-state index contributed by atoms with van der Waals surface area (Å²) in [6, 6.07) is 7.74. The van der Waals surface area contributed by atoms with Crippen LogP contribution in [0.3, 0.4) is 0 Å².